The van der Waals surface area contributed by atoms with E-state index in [0.717, 1.165) is 35.7 Å². The molecule has 3 nitrogen and oxygen atoms in total. The summed E-state index contributed by atoms with van der Waals surface area (Å²) in [7, 11) is 1.69. The molecule has 1 N–H and O–H groups in total. The molecule has 4 rings (SSSR count). The van der Waals surface area contributed by atoms with E-state index in [0.29, 0.717) is 6.10 Å². The molecule has 0 aliphatic heterocycles. The zero-order valence-electron chi connectivity index (χ0n) is 14.5. The van der Waals surface area contributed by atoms with Crippen molar-refractivity contribution in [3.8, 4) is 11.5 Å². The minimum atomic E-state index is 0.307. The second kappa shape index (κ2) is 7.06. The van der Waals surface area contributed by atoms with Gasteiger partial charge in [-0.15, -0.1) is 0 Å². The summed E-state index contributed by atoms with van der Waals surface area (Å²) in [6, 6.07) is 20.7. The van der Waals surface area contributed by atoms with Gasteiger partial charge in [0.1, 0.15) is 0 Å². The molecule has 0 unspecified atom stereocenters. The number of anilines is 2. The molecule has 0 aromatic heterocycles. The van der Waals surface area contributed by atoms with Crippen LogP contribution in [0.2, 0.25) is 0 Å². The fraction of sp³-hybridized carbons (Fsp3) is 0.273. The van der Waals surface area contributed by atoms with Gasteiger partial charge in [-0.2, -0.15) is 0 Å². The van der Waals surface area contributed by atoms with Gasteiger partial charge in [0.2, 0.25) is 0 Å². The molecule has 0 radical (unpaired) electrons. The first kappa shape index (κ1) is 15.8. The van der Waals surface area contributed by atoms with Crippen LogP contribution in [0.15, 0.2) is 60.7 Å². The third-order valence-corrected chi connectivity index (χ3v) is 4.83. The Hall–Kier alpha value is -2.68. The van der Waals surface area contributed by atoms with Crippen LogP contribution >= 0.6 is 0 Å². The number of hydrogen-bond donors (Lipinski definition) is 1. The Morgan fingerprint density at radius 3 is 2.52 bits per heavy atom. The van der Waals surface area contributed by atoms with E-state index in [9.17, 15) is 0 Å². The fourth-order valence-electron chi connectivity index (χ4n) is 3.52. The third kappa shape index (κ3) is 3.41. The molecule has 0 amide bonds. The number of nitrogens with one attached hydrogen (secondary N) is 1. The van der Waals surface area contributed by atoms with Crippen LogP contribution in [0.4, 0.5) is 11.4 Å². The topological polar surface area (TPSA) is 30.5 Å². The van der Waals surface area contributed by atoms with E-state index < -0.39 is 0 Å². The summed E-state index contributed by atoms with van der Waals surface area (Å²) in [5.41, 5.74) is 2.10. The maximum atomic E-state index is 6.20. The van der Waals surface area contributed by atoms with Crippen molar-refractivity contribution in [2.45, 2.75) is 31.8 Å². The van der Waals surface area contributed by atoms with Crippen molar-refractivity contribution < 1.29 is 9.47 Å². The number of hydrogen-bond acceptors (Lipinski definition) is 3. The Morgan fingerprint density at radius 1 is 0.880 bits per heavy atom. The predicted octanol–water partition coefficient (Wildman–Crippen LogP) is 5.91. The molecule has 0 saturated heterocycles. The van der Waals surface area contributed by atoms with Gasteiger partial charge in [0.05, 0.1) is 13.2 Å². The van der Waals surface area contributed by atoms with Crippen molar-refractivity contribution in [3.05, 3.63) is 60.7 Å². The molecule has 1 saturated carbocycles. The minimum absolute atomic E-state index is 0.307. The molecule has 0 bridgehead atoms. The van der Waals surface area contributed by atoms with Crippen LogP contribution in [0.1, 0.15) is 25.7 Å². The monoisotopic (exact) mass is 333 g/mol. The van der Waals surface area contributed by atoms with Gasteiger partial charge < -0.3 is 14.8 Å². The van der Waals surface area contributed by atoms with E-state index in [-0.39, 0.29) is 0 Å². The third-order valence-electron chi connectivity index (χ3n) is 4.83. The van der Waals surface area contributed by atoms with Crippen LogP contribution in [0.25, 0.3) is 10.8 Å². The summed E-state index contributed by atoms with van der Waals surface area (Å²) in [5, 5.41) is 5.96. The molecule has 1 aliphatic rings. The fourth-order valence-corrected chi connectivity index (χ4v) is 3.52. The summed E-state index contributed by atoms with van der Waals surface area (Å²) in [5.74, 6) is 1.61. The smallest absolute Gasteiger partial charge is 0.163 e. The lowest BCUT2D eigenvalue weighted by Crippen LogP contribution is -2.11. The summed E-state index contributed by atoms with van der Waals surface area (Å²) >= 11 is 0. The molecule has 3 aromatic rings. The van der Waals surface area contributed by atoms with Crippen molar-refractivity contribution >= 4 is 22.1 Å². The first-order valence-electron chi connectivity index (χ1n) is 8.93. The van der Waals surface area contributed by atoms with E-state index in [2.05, 4.69) is 47.8 Å². The maximum absolute atomic E-state index is 6.20. The summed E-state index contributed by atoms with van der Waals surface area (Å²) in [4.78, 5) is 0. The SMILES string of the molecule is COc1ccc(Nc2cccc3ccccc23)cc1OC1CCCC1. The molecule has 0 spiro atoms. The molecular weight excluding hydrogens is 310 g/mol. The van der Waals surface area contributed by atoms with Gasteiger partial charge in [0.25, 0.3) is 0 Å². The first-order chi connectivity index (χ1) is 12.3. The molecule has 0 atom stereocenters. The molecule has 1 aliphatic carbocycles. The summed E-state index contributed by atoms with van der Waals surface area (Å²) < 4.78 is 11.7. The number of fused-ring (bicyclic) bond motifs is 1. The molecule has 25 heavy (non-hydrogen) atoms. The van der Waals surface area contributed by atoms with Crippen molar-refractivity contribution in [2.75, 3.05) is 12.4 Å². The highest BCUT2D eigenvalue weighted by Gasteiger charge is 2.18. The number of benzene rings is 3. The van der Waals surface area contributed by atoms with E-state index in [1.54, 1.807) is 7.11 Å². The second-order valence-electron chi connectivity index (χ2n) is 6.54. The van der Waals surface area contributed by atoms with E-state index in [1.807, 2.05) is 18.2 Å². The molecular formula is C22H23NO2. The van der Waals surface area contributed by atoms with Gasteiger partial charge in [-0.05, 0) is 49.3 Å². The van der Waals surface area contributed by atoms with Crippen LogP contribution in [-0.4, -0.2) is 13.2 Å². The zero-order valence-corrected chi connectivity index (χ0v) is 14.5. The molecule has 3 aromatic carbocycles. The standard InChI is InChI=1S/C22H23NO2/c1-24-21-14-13-17(15-22(21)25-18-9-3-4-10-18)23-20-12-6-8-16-7-2-5-11-19(16)20/h2,5-8,11-15,18,23H,3-4,9-10H2,1H3. The lowest BCUT2D eigenvalue weighted by atomic mass is 10.1. The Kier molecular flexibility index (Phi) is 4.47. The zero-order chi connectivity index (χ0) is 17.1. The second-order valence-corrected chi connectivity index (χ2v) is 6.54. The van der Waals surface area contributed by atoms with Crippen LogP contribution in [0.3, 0.4) is 0 Å². The lowest BCUT2D eigenvalue weighted by Gasteiger charge is -2.17. The first-order valence-corrected chi connectivity index (χ1v) is 8.93. The summed E-state index contributed by atoms with van der Waals surface area (Å²) in [6.45, 7) is 0. The average molecular weight is 333 g/mol. The Labute approximate surface area is 148 Å². The van der Waals surface area contributed by atoms with Crippen molar-refractivity contribution in [3.63, 3.8) is 0 Å². The van der Waals surface area contributed by atoms with E-state index in [1.165, 1.54) is 23.6 Å². The van der Waals surface area contributed by atoms with E-state index >= 15 is 0 Å². The molecule has 128 valence electrons. The summed E-state index contributed by atoms with van der Waals surface area (Å²) in [6.07, 6.45) is 5.07. The van der Waals surface area contributed by atoms with Crippen LogP contribution in [0.5, 0.6) is 11.5 Å². The van der Waals surface area contributed by atoms with Gasteiger partial charge in [0.15, 0.2) is 11.5 Å². The van der Waals surface area contributed by atoms with Gasteiger partial charge in [-0.1, -0.05) is 36.4 Å². The van der Waals surface area contributed by atoms with Crippen LogP contribution in [0, 0.1) is 0 Å². The number of ether oxygens (including phenoxy) is 2. The van der Waals surface area contributed by atoms with Gasteiger partial charge in [0, 0.05) is 22.8 Å². The van der Waals surface area contributed by atoms with E-state index in [4.69, 9.17) is 9.47 Å². The minimum Gasteiger partial charge on any atom is -0.493 e. The Bertz CT molecular complexity index is 864. The number of rotatable bonds is 5. The largest absolute Gasteiger partial charge is 0.493 e. The molecule has 0 heterocycles. The highest BCUT2D eigenvalue weighted by Crippen LogP contribution is 2.35. The average Bonchev–Trinajstić information content (AvgIpc) is 3.15. The predicted molar refractivity (Wildman–Crippen MR) is 103 cm³/mol. The van der Waals surface area contributed by atoms with Crippen LogP contribution < -0.4 is 14.8 Å². The van der Waals surface area contributed by atoms with Crippen molar-refractivity contribution in [2.24, 2.45) is 0 Å². The highest BCUT2D eigenvalue weighted by atomic mass is 16.5. The Morgan fingerprint density at radius 2 is 1.68 bits per heavy atom. The normalized spacial score (nSPS) is 14.6. The van der Waals surface area contributed by atoms with Crippen molar-refractivity contribution in [1.29, 1.82) is 0 Å². The molecule has 1 fully saturated rings. The lowest BCUT2D eigenvalue weighted by molar-refractivity contribution is 0.201. The van der Waals surface area contributed by atoms with Crippen molar-refractivity contribution in [1.82, 2.24) is 0 Å². The number of methoxy groups -OCH3 is 1. The van der Waals surface area contributed by atoms with Gasteiger partial charge >= 0.3 is 0 Å². The highest BCUT2D eigenvalue weighted by molar-refractivity contribution is 5.95. The van der Waals surface area contributed by atoms with Gasteiger partial charge in [-0.25, -0.2) is 0 Å². The van der Waals surface area contributed by atoms with Crippen LogP contribution in [-0.2, 0) is 0 Å². The quantitative estimate of drug-likeness (QED) is 0.629. The van der Waals surface area contributed by atoms with Gasteiger partial charge in [-0.3, -0.25) is 0 Å². The Balaban J connectivity index is 1.63. The molecule has 3 heteroatoms. The maximum Gasteiger partial charge on any atom is 0.163 e.